The highest BCUT2D eigenvalue weighted by molar-refractivity contribution is 5.98. The van der Waals surface area contributed by atoms with E-state index in [0.29, 0.717) is 11.3 Å². The Balaban J connectivity index is 3.02. The summed E-state index contributed by atoms with van der Waals surface area (Å²) in [5.74, 6) is 4.15. The van der Waals surface area contributed by atoms with Gasteiger partial charge in [0.05, 0.1) is 12.8 Å². The van der Waals surface area contributed by atoms with E-state index in [9.17, 15) is 13.2 Å². The first-order chi connectivity index (χ1) is 7.77. The van der Waals surface area contributed by atoms with Gasteiger partial charge in [0, 0.05) is 0 Å². The molecule has 17 heavy (non-hydrogen) atoms. The highest BCUT2D eigenvalue weighted by Crippen LogP contribution is 2.26. The minimum Gasteiger partial charge on any atom is -0.496 e. The fourth-order valence-electron chi connectivity index (χ4n) is 1.28. The molecule has 0 bridgehead atoms. The number of benzene rings is 1. The molecule has 0 aliphatic rings. The van der Waals surface area contributed by atoms with E-state index in [-0.39, 0.29) is 10.7 Å². The lowest BCUT2D eigenvalue weighted by molar-refractivity contribution is -0.0610. The summed E-state index contributed by atoms with van der Waals surface area (Å²) < 4.78 is 41.8. The minimum atomic E-state index is -4.78. The maximum Gasteiger partial charge on any atom is 0.450 e. The Kier molecular flexibility index (Phi) is 3.62. The molecule has 0 heterocycles. The molecule has 94 valence electrons. The van der Waals surface area contributed by atoms with E-state index in [4.69, 9.17) is 16.0 Å². The average molecular weight is 247 g/mol. The van der Waals surface area contributed by atoms with Gasteiger partial charge in [0.2, 0.25) is 5.84 Å². The summed E-state index contributed by atoms with van der Waals surface area (Å²) in [7, 11) is 1.46. The number of hydrogen-bond acceptors (Lipinski definition) is 3. The van der Waals surface area contributed by atoms with E-state index in [1.807, 2.05) is 0 Å². The van der Waals surface area contributed by atoms with Gasteiger partial charge in [0.25, 0.3) is 0 Å². The fraction of sp³-hybridized carbons (Fsp3) is 0.300. The predicted octanol–water partition coefficient (Wildman–Crippen LogP) is 2.22. The first kappa shape index (κ1) is 13.3. The van der Waals surface area contributed by atoms with Crippen molar-refractivity contribution < 1.29 is 17.9 Å². The molecule has 0 fully saturated rings. The number of hydrazine groups is 1. The second kappa shape index (κ2) is 4.62. The van der Waals surface area contributed by atoms with E-state index >= 15 is 0 Å². The van der Waals surface area contributed by atoms with Crippen LogP contribution in [0.2, 0.25) is 0 Å². The average Bonchev–Trinajstić information content (AvgIpc) is 2.25. The van der Waals surface area contributed by atoms with Crippen molar-refractivity contribution in [2.24, 2.45) is 5.84 Å². The number of alkyl halides is 3. The number of rotatable bonds is 2. The quantitative estimate of drug-likeness (QED) is 0.364. The largest absolute Gasteiger partial charge is 0.496 e. The first-order valence-electron chi connectivity index (χ1n) is 4.62. The van der Waals surface area contributed by atoms with Gasteiger partial charge >= 0.3 is 6.18 Å². The van der Waals surface area contributed by atoms with Gasteiger partial charge in [-0.25, -0.2) is 5.84 Å². The van der Waals surface area contributed by atoms with Crippen molar-refractivity contribution in [1.29, 1.82) is 5.41 Å². The zero-order valence-corrected chi connectivity index (χ0v) is 9.30. The van der Waals surface area contributed by atoms with Gasteiger partial charge in [-0.15, -0.1) is 0 Å². The van der Waals surface area contributed by atoms with Crippen molar-refractivity contribution in [1.82, 2.24) is 0 Å². The van der Waals surface area contributed by atoms with Gasteiger partial charge in [-0.3, -0.25) is 10.4 Å². The van der Waals surface area contributed by atoms with Crippen LogP contribution in [0.5, 0.6) is 5.75 Å². The van der Waals surface area contributed by atoms with E-state index in [0.717, 1.165) is 0 Å². The Morgan fingerprint density at radius 3 is 2.41 bits per heavy atom. The third kappa shape index (κ3) is 2.88. The summed E-state index contributed by atoms with van der Waals surface area (Å²) in [5.41, 5.74) is 0.709. The molecule has 0 amide bonds. The molecule has 0 saturated carbocycles. The molecule has 1 aromatic rings. The lowest BCUT2D eigenvalue weighted by Crippen LogP contribution is -2.45. The molecule has 0 spiro atoms. The molecule has 0 aliphatic heterocycles. The van der Waals surface area contributed by atoms with Crippen molar-refractivity contribution >= 4 is 11.5 Å². The summed E-state index contributed by atoms with van der Waals surface area (Å²) in [6.07, 6.45) is -4.78. The zero-order chi connectivity index (χ0) is 13.2. The normalized spacial score (nSPS) is 11.2. The molecule has 0 radical (unpaired) electrons. The number of hydrogen-bond donors (Lipinski definition) is 2. The van der Waals surface area contributed by atoms with Crippen LogP contribution >= 0.6 is 0 Å². The maximum absolute atomic E-state index is 12.3. The van der Waals surface area contributed by atoms with Crippen LogP contribution in [-0.4, -0.2) is 19.1 Å². The predicted molar refractivity (Wildman–Crippen MR) is 58.2 cm³/mol. The van der Waals surface area contributed by atoms with Crippen molar-refractivity contribution in [3.05, 3.63) is 23.8 Å². The maximum atomic E-state index is 12.3. The van der Waals surface area contributed by atoms with Crippen LogP contribution in [0.4, 0.5) is 18.9 Å². The monoisotopic (exact) mass is 247 g/mol. The minimum absolute atomic E-state index is 0.0747. The highest BCUT2D eigenvalue weighted by atomic mass is 19.4. The molecule has 0 atom stereocenters. The van der Waals surface area contributed by atoms with Crippen molar-refractivity contribution in [2.45, 2.75) is 13.1 Å². The van der Waals surface area contributed by atoms with Crippen molar-refractivity contribution in [2.75, 3.05) is 12.1 Å². The second-order valence-electron chi connectivity index (χ2n) is 3.37. The molecule has 0 aliphatic carbocycles. The Morgan fingerprint density at radius 1 is 1.41 bits per heavy atom. The number of amidine groups is 1. The lowest BCUT2D eigenvalue weighted by atomic mass is 10.2. The molecular weight excluding hydrogens is 235 g/mol. The van der Waals surface area contributed by atoms with Crippen LogP contribution < -0.4 is 15.6 Å². The molecule has 4 nitrogen and oxygen atoms in total. The van der Waals surface area contributed by atoms with Gasteiger partial charge in [-0.05, 0) is 30.7 Å². The first-order valence-corrected chi connectivity index (χ1v) is 4.62. The van der Waals surface area contributed by atoms with Crippen LogP contribution in [-0.2, 0) is 0 Å². The molecule has 0 unspecified atom stereocenters. The van der Waals surface area contributed by atoms with Gasteiger partial charge in [-0.1, -0.05) is 0 Å². The van der Waals surface area contributed by atoms with Gasteiger partial charge in [-0.2, -0.15) is 13.2 Å². The SMILES string of the molecule is COc1ccc(N(N)C(=N)C(F)(F)F)cc1C. The van der Waals surface area contributed by atoms with E-state index < -0.39 is 12.0 Å². The molecule has 1 aromatic carbocycles. The third-order valence-electron chi connectivity index (χ3n) is 2.17. The number of anilines is 1. The molecular formula is C10H12F3N3O. The highest BCUT2D eigenvalue weighted by Gasteiger charge is 2.38. The topological polar surface area (TPSA) is 62.3 Å². The number of halogens is 3. The number of nitrogens with one attached hydrogen (secondary N) is 1. The van der Waals surface area contributed by atoms with Gasteiger partial charge in [0.15, 0.2) is 0 Å². The molecule has 3 N–H and O–H groups in total. The lowest BCUT2D eigenvalue weighted by Gasteiger charge is -2.21. The van der Waals surface area contributed by atoms with Gasteiger partial charge < -0.3 is 4.74 Å². The summed E-state index contributed by atoms with van der Waals surface area (Å²) in [5, 5.41) is 7.18. The number of methoxy groups -OCH3 is 1. The molecule has 0 aromatic heterocycles. The van der Waals surface area contributed by atoms with Crippen LogP contribution in [0.3, 0.4) is 0 Å². The summed E-state index contributed by atoms with van der Waals surface area (Å²) in [6, 6.07) is 4.26. The van der Waals surface area contributed by atoms with E-state index in [1.54, 1.807) is 6.92 Å². The summed E-state index contributed by atoms with van der Waals surface area (Å²) >= 11 is 0. The van der Waals surface area contributed by atoms with E-state index in [2.05, 4.69) is 0 Å². The number of nitrogens with zero attached hydrogens (tertiary/aromatic N) is 1. The smallest absolute Gasteiger partial charge is 0.450 e. The standard InChI is InChI=1S/C10H12F3N3O/c1-6-5-7(3-4-8(6)17-2)16(15)9(14)10(11,12)13/h3-5,14H,15H2,1-2H3. The molecule has 0 saturated heterocycles. The van der Waals surface area contributed by atoms with Crippen LogP contribution in [0.1, 0.15) is 5.56 Å². The molecule has 7 heteroatoms. The van der Waals surface area contributed by atoms with Crippen LogP contribution in [0.15, 0.2) is 18.2 Å². The zero-order valence-electron chi connectivity index (χ0n) is 9.30. The number of ether oxygens (including phenoxy) is 1. The number of nitrogens with two attached hydrogens (primary N) is 1. The Bertz CT molecular complexity index is 431. The van der Waals surface area contributed by atoms with Gasteiger partial charge in [0.1, 0.15) is 5.75 Å². The third-order valence-corrected chi connectivity index (χ3v) is 2.17. The van der Waals surface area contributed by atoms with Crippen molar-refractivity contribution in [3.8, 4) is 5.75 Å². The second-order valence-corrected chi connectivity index (χ2v) is 3.37. The van der Waals surface area contributed by atoms with E-state index in [1.165, 1.54) is 25.3 Å². The summed E-state index contributed by atoms with van der Waals surface area (Å²) in [4.78, 5) is 0. The Labute approximate surface area is 96.3 Å². The van der Waals surface area contributed by atoms with Crippen LogP contribution in [0.25, 0.3) is 0 Å². The number of aryl methyl sites for hydroxylation is 1. The van der Waals surface area contributed by atoms with Crippen molar-refractivity contribution in [3.63, 3.8) is 0 Å². The fourth-order valence-corrected chi connectivity index (χ4v) is 1.28. The Hall–Kier alpha value is -1.76. The summed E-state index contributed by atoms with van der Waals surface area (Å²) in [6.45, 7) is 1.67. The van der Waals surface area contributed by atoms with Crippen LogP contribution in [0, 0.1) is 12.3 Å². The molecule has 1 rings (SSSR count). The Morgan fingerprint density at radius 2 is 2.00 bits per heavy atom.